The van der Waals surface area contributed by atoms with Gasteiger partial charge in [-0.1, -0.05) is 26.0 Å². The predicted octanol–water partition coefficient (Wildman–Crippen LogP) is 2.42. The zero-order valence-corrected chi connectivity index (χ0v) is 13.2. The third kappa shape index (κ3) is 3.59. The zero-order chi connectivity index (χ0) is 14.9. The second-order valence-electron chi connectivity index (χ2n) is 6.17. The minimum absolute atomic E-state index is 0.164. The van der Waals surface area contributed by atoms with Crippen molar-refractivity contribution in [1.29, 1.82) is 0 Å². The number of nitrogens with one attached hydrogen (secondary N) is 1. The monoisotopic (exact) mass is 296 g/mol. The third-order valence-corrected chi connectivity index (χ3v) is 5.24. The predicted molar refractivity (Wildman–Crippen MR) is 80.7 cm³/mol. The minimum atomic E-state index is -3.60. The molecule has 3 N–H and O–H groups in total. The highest BCUT2D eigenvalue weighted by Crippen LogP contribution is 2.34. The average Bonchev–Trinajstić information content (AvgIpc) is 2.31. The zero-order valence-electron chi connectivity index (χ0n) is 12.3. The molecule has 0 bridgehead atoms. The van der Waals surface area contributed by atoms with Crippen LogP contribution in [0.25, 0.3) is 0 Å². The molecule has 1 saturated carbocycles. The molecule has 0 saturated heterocycles. The largest absolute Gasteiger partial charge is 0.307 e. The summed E-state index contributed by atoms with van der Waals surface area (Å²) < 4.78 is 22.4. The quantitative estimate of drug-likeness (QED) is 0.876. The Morgan fingerprint density at radius 3 is 2.15 bits per heavy atom. The van der Waals surface area contributed by atoms with Gasteiger partial charge in [0.25, 0.3) is 0 Å². The lowest BCUT2D eigenvalue weighted by Crippen LogP contribution is -2.43. The Hall–Kier alpha value is -0.910. The van der Waals surface area contributed by atoms with Gasteiger partial charge in [-0.3, -0.25) is 0 Å². The molecule has 1 aliphatic rings. The molecule has 4 nitrogen and oxygen atoms in total. The maximum Gasteiger partial charge on any atom is 0.238 e. The Balaban J connectivity index is 1.92. The first-order chi connectivity index (χ1) is 9.27. The summed E-state index contributed by atoms with van der Waals surface area (Å²) in [7, 11) is -3.60. The number of rotatable bonds is 5. The van der Waals surface area contributed by atoms with Gasteiger partial charge in [0.1, 0.15) is 0 Å². The van der Waals surface area contributed by atoms with Crippen LogP contribution in [0.15, 0.2) is 29.2 Å². The Bertz CT molecular complexity index is 546. The van der Waals surface area contributed by atoms with E-state index in [0.29, 0.717) is 6.04 Å². The molecular weight excluding hydrogens is 272 g/mol. The Labute approximate surface area is 121 Å². The summed E-state index contributed by atoms with van der Waals surface area (Å²) in [4.78, 5) is 0.164. The fraction of sp³-hybridized carbons (Fsp3) is 0.600. The highest BCUT2D eigenvalue weighted by atomic mass is 32.2. The summed E-state index contributed by atoms with van der Waals surface area (Å²) in [6.07, 6.45) is 2.47. The molecule has 0 aliphatic heterocycles. The average molecular weight is 296 g/mol. The number of benzene rings is 1. The molecule has 0 amide bonds. The summed E-state index contributed by atoms with van der Waals surface area (Å²) >= 11 is 0. The van der Waals surface area contributed by atoms with E-state index in [-0.39, 0.29) is 10.9 Å². The van der Waals surface area contributed by atoms with Crippen LogP contribution in [0.3, 0.4) is 0 Å². The van der Waals surface area contributed by atoms with Gasteiger partial charge in [0.05, 0.1) is 4.90 Å². The molecule has 5 heteroatoms. The third-order valence-electron chi connectivity index (χ3n) is 4.31. The summed E-state index contributed by atoms with van der Waals surface area (Å²) in [6.45, 7) is 6.65. The van der Waals surface area contributed by atoms with Crippen LogP contribution in [0, 0.1) is 11.8 Å². The van der Waals surface area contributed by atoms with Gasteiger partial charge in [-0.2, -0.15) is 0 Å². The number of sulfonamides is 1. The molecule has 1 unspecified atom stereocenters. The van der Waals surface area contributed by atoms with Crippen LogP contribution >= 0.6 is 0 Å². The molecule has 112 valence electrons. The summed E-state index contributed by atoms with van der Waals surface area (Å²) in [5, 5.41) is 8.69. The van der Waals surface area contributed by atoms with Crippen LogP contribution in [0.5, 0.6) is 0 Å². The number of nitrogens with two attached hydrogens (primary N) is 1. The van der Waals surface area contributed by atoms with E-state index in [0.717, 1.165) is 17.4 Å². The molecular formula is C15H24N2O2S. The Kier molecular flexibility index (Phi) is 4.52. The SMILES string of the molecule is CC(NC1CC(C(C)C)C1)c1ccc(S(N)(=O)=O)cc1. The molecule has 1 aromatic carbocycles. The van der Waals surface area contributed by atoms with E-state index < -0.39 is 10.0 Å². The van der Waals surface area contributed by atoms with E-state index in [4.69, 9.17) is 5.14 Å². The van der Waals surface area contributed by atoms with Crippen molar-refractivity contribution in [1.82, 2.24) is 5.32 Å². The lowest BCUT2D eigenvalue weighted by molar-refractivity contribution is 0.159. The number of hydrogen-bond donors (Lipinski definition) is 2. The van der Waals surface area contributed by atoms with E-state index >= 15 is 0 Å². The number of hydrogen-bond acceptors (Lipinski definition) is 3. The highest BCUT2D eigenvalue weighted by Gasteiger charge is 2.31. The Morgan fingerprint density at radius 2 is 1.70 bits per heavy atom. The van der Waals surface area contributed by atoms with Crippen molar-refractivity contribution >= 4 is 10.0 Å². The Morgan fingerprint density at radius 1 is 1.15 bits per heavy atom. The van der Waals surface area contributed by atoms with E-state index in [9.17, 15) is 8.42 Å². The topological polar surface area (TPSA) is 72.2 Å². The maximum absolute atomic E-state index is 11.2. The first-order valence-corrected chi connectivity index (χ1v) is 8.71. The molecule has 2 rings (SSSR count). The van der Waals surface area contributed by atoms with Crippen molar-refractivity contribution in [2.75, 3.05) is 0 Å². The molecule has 0 radical (unpaired) electrons. The summed E-state index contributed by atoms with van der Waals surface area (Å²) in [6, 6.07) is 7.60. The molecule has 0 aromatic heterocycles. The van der Waals surface area contributed by atoms with Crippen LogP contribution in [0.4, 0.5) is 0 Å². The second kappa shape index (κ2) is 5.84. The second-order valence-corrected chi connectivity index (χ2v) is 7.74. The van der Waals surface area contributed by atoms with Crippen molar-refractivity contribution in [2.45, 2.75) is 50.6 Å². The standard InChI is InChI=1S/C15H24N2O2S/c1-10(2)13-8-14(9-13)17-11(3)12-4-6-15(7-5-12)20(16,18)19/h4-7,10-11,13-14,17H,8-9H2,1-3H3,(H2,16,18,19). The number of primary sulfonamides is 1. The van der Waals surface area contributed by atoms with E-state index in [2.05, 4.69) is 26.1 Å². The van der Waals surface area contributed by atoms with Crippen LogP contribution in [-0.4, -0.2) is 14.5 Å². The summed E-state index contributed by atoms with van der Waals surface area (Å²) in [5.41, 5.74) is 1.09. The van der Waals surface area contributed by atoms with E-state index in [1.807, 2.05) is 12.1 Å². The van der Waals surface area contributed by atoms with Gasteiger partial charge in [0.2, 0.25) is 10.0 Å². The lowest BCUT2D eigenvalue weighted by atomic mass is 9.73. The summed E-state index contributed by atoms with van der Waals surface area (Å²) in [5.74, 6) is 1.60. The van der Waals surface area contributed by atoms with Gasteiger partial charge in [0.15, 0.2) is 0 Å². The smallest absolute Gasteiger partial charge is 0.238 e. The molecule has 20 heavy (non-hydrogen) atoms. The van der Waals surface area contributed by atoms with Gasteiger partial charge in [-0.25, -0.2) is 13.6 Å². The van der Waals surface area contributed by atoms with Crippen LogP contribution < -0.4 is 10.5 Å². The van der Waals surface area contributed by atoms with Crippen molar-refractivity contribution in [3.63, 3.8) is 0 Å². The molecule has 1 aromatic rings. The maximum atomic E-state index is 11.2. The van der Waals surface area contributed by atoms with Crippen LogP contribution in [0.2, 0.25) is 0 Å². The van der Waals surface area contributed by atoms with E-state index in [1.54, 1.807) is 12.1 Å². The van der Waals surface area contributed by atoms with Crippen LogP contribution in [-0.2, 0) is 10.0 Å². The van der Waals surface area contributed by atoms with Gasteiger partial charge in [-0.15, -0.1) is 0 Å². The van der Waals surface area contributed by atoms with Gasteiger partial charge >= 0.3 is 0 Å². The molecule has 0 heterocycles. The first-order valence-electron chi connectivity index (χ1n) is 7.16. The molecule has 1 fully saturated rings. The van der Waals surface area contributed by atoms with Gasteiger partial charge in [-0.05, 0) is 49.3 Å². The lowest BCUT2D eigenvalue weighted by Gasteiger charge is -2.40. The van der Waals surface area contributed by atoms with Crippen molar-refractivity contribution in [3.8, 4) is 0 Å². The normalized spacial score (nSPS) is 24.4. The molecule has 0 spiro atoms. The first kappa shape index (κ1) is 15.5. The van der Waals surface area contributed by atoms with E-state index in [1.165, 1.54) is 12.8 Å². The van der Waals surface area contributed by atoms with Gasteiger partial charge in [0, 0.05) is 12.1 Å². The molecule has 1 atom stereocenters. The fourth-order valence-electron chi connectivity index (χ4n) is 2.74. The van der Waals surface area contributed by atoms with Crippen molar-refractivity contribution in [2.24, 2.45) is 17.0 Å². The highest BCUT2D eigenvalue weighted by molar-refractivity contribution is 7.89. The minimum Gasteiger partial charge on any atom is -0.307 e. The molecule has 1 aliphatic carbocycles. The fourth-order valence-corrected chi connectivity index (χ4v) is 3.25. The van der Waals surface area contributed by atoms with Crippen molar-refractivity contribution < 1.29 is 8.42 Å². The van der Waals surface area contributed by atoms with Crippen LogP contribution in [0.1, 0.15) is 45.2 Å². The van der Waals surface area contributed by atoms with Gasteiger partial charge < -0.3 is 5.32 Å². The van der Waals surface area contributed by atoms with Crippen molar-refractivity contribution in [3.05, 3.63) is 29.8 Å².